The van der Waals surface area contributed by atoms with Crippen molar-refractivity contribution in [3.63, 3.8) is 0 Å². The first-order valence-corrected chi connectivity index (χ1v) is 8.86. The SMILES string of the molecule is O=C(NCc1ccccc1)c1cnn2c(C3CCNCC3)cc(=O)[nH]c12. The Morgan fingerprint density at radius 1 is 1.23 bits per heavy atom. The molecule has 134 valence electrons. The standard InChI is InChI=1S/C19H21N5O2/c25-17-10-16(14-6-8-20-9-7-14)24-18(23-17)15(12-22-24)19(26)21-11-13-4-2-1-3-5-13/h1-5,10,12,14,20H,6-9,11H2,(H,21,26)(H,23,25). The van der Waals surface area contributed by atoms with Crippen molar-refractivity contribution in [1.82, 2.24) is 25.2 Å². The van der Waals surface area contributed by atoms with Gasteiger partial charge in [0.2, 0.25) is 0 Å². The normalized spacial score (nSPS) is 15.2. The fourth-order valence-electron chi connectivity index (χ4n) is 3.46. The van der Waals surface area contributed by atoms with Gasteiger partial charge >= 0.3 is 0 Å². The van der Waals surface area contributed by atoms with E-state index in [1.807, 2.05) is 30.3 Å². The van der Waals surface area contributed by atoms with Gasteiger partial charge in [0.1, 0.15) is 11.2 Å². The second-order valence-electron chi connectivity index (χ2n) is 6.57. The Balaban J connectivity index is 1.63. The lowest BCUT2D eigenvalue weighted by Crippen LogP contribution is -2.29. The first-order valence-electron chi connectivity index (χ1n) is 8.86. The first-order chi connectivity index (χ1) is 12.7. The van der Waals surface area contributed by atoms with E-state index in [4.69, 9.17) is 0 Å². The average molecular weight is 351 g/mol. The molecule has 4 rings (SSSR count). The molecule has 0 spiro atoms. The second kappa shape index (κ2) is 7.13. The number of piperidine rings is 1. The summed E-state index contributed by atoms with van der Waals surface area (Å²) in [6, 6.07) is 11.3. The minimum Gasteiger partial charge on any atom is -0.348 e. The summed E-state index contributed by atoms with van der Waals surface area (Å²) < 4.78 is 1.70. The Labute approximate surface area is 150 Å². The highest BCUT2D eigenvalue weighted by Gasteiger charge is 2.22. The lowest BCUT2D eigenvalue weighted by atomic mass is 9.94. The van der Waals surface area contributed by atoms with Gasteiger partial charge in [-0.15, -0.1) is 0 Å². The largest absolute Gasteiger partial charge is 0.348 e. The van der Waals surface area contributed by atoms with Crippen molar-refractivity contribution < 1.29 is 4.79 Å². The fraction of sp³-hybridized carbons (Fsp3) is 0.316. The summed E-state index contributed by atoms with van der Waals surface area (Å²) in [4.78, 5) is 27.5. The van der Waals surface area contributed by atoms with Crippen molar-refractivity contribution in [2.45, 2.75) is 25.3 Å². The quantitative estimate of drug-likeness (QED) is 0.663. The van der Waals surface area contributed by atoms with Crippen molar-refractivity contribution in [1.29, 1.82) is 0 Å². The van der Waals surface area contributed by atoms with Crippen molar-refractivity contribution in [2.75, 3.05) is 13.1 Å². The van der Waals surface area contributed by atoms with Crippen molar-refractivity contribution >= 4 is 11.6 Å². The average Bonchev–Trinajstić information content (AvgIpc) is 3.11. The van der Waals surface area contributed by atoms with Crippen LogP contribution in [0.4, 0.5) is 0 Å². The van der Waals surface area contributed by atoms with Crippen LogP contribution in [0.1, 0.15) is 40.4 Å². The minimum absolute atomic E-state index is 0.205. The predicted octanol–water partition coefficient (Wildman–Crippen LogP) is 1.42. The molecular formula is C19H21N5O2. The molecule has 1 fully saturated rings. The van der Waals surface area contributed by atoms with Crippen LogP contribution in [-0.4, -0.2) is 33.6 Å². The molecule has 1 amide bonds. The van der Waals surface area contributed by atoms with E-state index < -0.39 is 0 Å². The molecule has 1 aliphatic rings. The van der Waals surface area contributed by atoms with Crippen LogP contribution in [0.15, 0.2) is 47.4 Å². The maximum atomic E-state index is 12.6. The number of nitrogens with one attached hydrogen (secondary N) is 3. The maximum Gasteiger partial charge on any atom is 0.256 e. The number of hydrogen-bond donors (Lipinski definition) is 3. The second-order valence-corrected chi connectivity index (χ2v) is 6.57. The van der Waals surface area contributed by atoms with Crippen molar-refractivity contribution in [3.8, 4) is 0 Å². The molecule has 0 atom stereocenters. The molecule has 3 N–H and O–H groups in total. The van der Waals surface area contributed by atoms with Crippen LogP contribution < -0.4 is 16.2 Å². The molecule has 3 heterocycles. The van der Waals surface area contributed by atoms with Crippen molar-refractivity contribution in [2.24, 2.45) is 0 Å². The van der Waals surface area contributed by atoms with Gasteiger partial charge in [0.15, 0.2) is 0 Å². The van der Waals surface area contributed by atoms with Crippen LogP contribution in [-0.2, 0) is 6.54 Å². The number of fused-ring (bicyclic) bond motifs is 1. The number of carbonyl (C=O) groups excluding carboxylic acids is 1. The summed E-state index contributed by atoms with van der Waals surface area (Å²) in [7, 11) is 0. The van der Waals surface area contributed by atoms with E-state index in [1.165, 1.54) is 6.20 Å². The Morgan fingerprint density at radius 3 is 2.77 bits per heavy atom. The molecule has 7 nitrogen and oxygen atoms in total. The van der Waals surface area contributed by atoms with Crippen LogP contribution in [0, 0.1) is 0 Å². The van der Waals surface area contributed by atoms with E-state index in [2.05, 4.69) is 20.7 Å². The number of aromatic nitrogens is 3. The monoisotopic (exact) mass is 351 g/mol. The zero-order valence-electron chi connectivity index (χ0n) is 14.4. The van der Waals surface area contributed by atoms with Gasteiger partial charge in [-0.1, -0.05) is 30.3 Å². The van der Waals surface area contributed by atoms with E-state index in [9.17, 15) is 9.59 Å². The zero-order chi connectivity index (χ0) is 17.9. The van der Waals surface area contributed by atoms with E-state index in [1.54, 1.807) is 10.6 Å². The number of benzene rings is 1. The smallest absolute Gasteiger partial charge is 0.256 e. The van der Waals surface area contributed by atoms with E-state index >= 15 is 0 Å². The highest BCUT2D eigenvalue weighted by molar-refractivity contribution is 5.99. The number of hydrogen-bond acceptors (Lipinski definition) is 4. The topological polar surface area (TPSA) is 91.3 Å². The van der Waals surface area contributed by atoms with Gasteiger partial charge in [-0.25, -0.2) is 4.52 Å². The molecule has 26 heavy (non-hydrogen) atoms. The van der Waals surface area contributed by atoms with Gasteiger partial charge < -0.3 is 15.6 Å². The van der Waals surface area contributed by atoms with Crippen molar-refractivity contribution in [3.05, 3.63) is 69.8 Å². The minimum atomic E-state index is -0.248. The van der Waals surface area contributed by atoms with Gasteiger partial charge in [-0.3, -0.25) is 9.59 Å². The third kappa shape index (κ3) is 3.25. The summed E-state index contributed by atoms with van der Waals surface area (Å²) in [6.07, 6.45) is 3.43. The summed E-state index contributed by atoms with van der Waals surface area (Å²) >= 11 is 0. The molecular weight excluding hydrogens is 330 g/mol. The Morgan fingerprint density at radius 2 is 2.00 bits per heavy atom. The highest BCUT2D eigenvalue weighted by Crippen LogP contribution is 2.24. The third-order valence-corrected chi connectivity index (χ3v) is 4.83. The number of nitrogens with zero attached hydrogens (tertiary/aromatic N) is 2. The van der Waals surface area contributed by atoms with Gasteiger partial charge in [0.05, 0.1) is 11.9 Å². The Hall–Kier alpha value is -2.93. The van der Waals surface area contributed by atoms with Crippen LogP contribution in [0.25, 0.3) is 5.65 Å². The van der Waals surface area contributed by atoms with E-state index in [-0.39, 0.29) is 17.4 Å². The summed E-state index contributed by atoms with van der Waals surface area (Å²) in [5, 5.41) is 10.6. The van der Waals surface area contributed by atoms with Gasteiger partial charge in [0, 0.05) is 18.5 Å². The molecule has 2 aromatic heterocycles. The van der Waals surface area contributed by atoms with Crippen LogP contribution in [0.2, 0.25) is 0 Å². The molecule has 0 saturated carbocycles. The van der Waals surface area contributed by atoms with Crippen LogP contribution in [0.5, 0.6) is 0 Å². The molecule has 0 aliphatic carbocycles. The van der Waals surface area contributed by atoms with E-state index in [0.29, 0.717) is 17.8 Å². The molecule has 3 aromatic rings. The number of aromatic amines is 1. The molecule has 1 aliphatic heterocycles. The molecule has 0 unspecified atom stereocenters. The number of amides is 1. The fourth-order valence-corrected chi connectivity index (χ4v) is 3.46. The Bertz CT molecular complexity index is 971. The zero-order valence-corrected chi connectivity index (χ0v) is 14.4. The third-order valence-electron chi connectivity index (χ3n) is 4.83. The number of rotatable bonds is 4. The summed E-state index contributed by atoms with van der Waals surface area (Å²) in [5.41, 5.74) is 2.52. The molecule has 7 heteroatoms. The molecule has 0 bridgehead atoms. The first kappa shape index (κ1) is 16.5. The lowest BCUT2D eigenvalue weighted by Gasteiger charge is -2.23. The van der Waals surface area contributed by atoms with Crippen LogP contribution >= 0.6 is 0 Å². The van der Waals surface area contributed by atoms with Gasteiger partial charge in [0.25, 0.3) is 11.5 Å². The van der Waals surface area contributed by atoms with E-state index in [0.717, 1.165) is 37.2 Å². The lowest BCUT2D eigenvalue weighted by molar-refractivity contribution is 0.0952. The Kier molecular flexibility index (Phi) is 4.53. The number of carbonyl (C=O) groups is 1. The van der Waals surface area contributed by atoms with Crippen LogP contribution in [0.3, 0.4) is 0 Å². The molecule has 1 saturated heterocycles. The van der Waals surface area contributed by atoms with Gasteiger partial charge in [-0.05, 0) is 31.5 Å². The molecule has 1 aromatic carbocycles. The summed E-state index contributed by atoms with van der Waals surface area (Å²) in [6.45, 7) is 2.27. The molecule has 0 radical (unpaired) electrons. The number of H-pyrrole nitrogens is 1. The maximum absolute atomic E-state index is 12.6. The highest BCUT2D eigenvalue weighted by atomic mass is 16.1. The summed E-state index contributed by atoms with van der Waals surface area (Å²) in [5.74, 6) is 0.0168. The van der Waals surface area contributed by atoms with Gasteiger partial charge in [-0.2, -0.15) is 5.10 Å². The predicted molar refractivity (Wildman–Crippen MR) is 98.3 cm³/mol.